The maximum Gasteiger partial charge on any atom is 0.226 e. The summed E-state index contributed by atoms with van der Waals surface area (Å²) in [7, 11) is 0. The minimum Gasteiger partial charge on any atom is -0.302 e. The standard InChI is InChI=1S/C17H14FN3OS/c18-14-5-1-3-12(9-14)6-7-16(22)21-17-20-15(11-23-17)13-4-2-8-19-10-13/h1-5,8-11H,6-7H2,(H,20,21,22). The van der Waals surface area contributed by atoms with Crippen molar-refractivity contribution in [3.63, 3.8) is 0 Å². The van der Waals surface area contributed by atoms with E-state index in [9.17, 15) is 9.18 Å². The number of hydrogen-bond donors (Lipinski definition) is 1. The molecule has 23 heavy (non-hydrogen) atoms. The predicted molar refractivity (Wildman–Crippen MR) is 88.7 cm³/mol. The van der Waals surface area contributed by atoms with Gasteiger partial charge in [-0.1, -0.05) is 12.1 Å². The molecule has 0 bridgehead atoms. The van der Waals surface area contributed by atoms with E-state index in [0.717, 1.165) is 16.8 Å². The van der Waals surface area contributed by atoms with Crippen molar-refractivity contribution in [1.29, 1.82) is 0 Å². The van der Waals surface area contributed by atoms with Crippen LogP contribution in [0.4, 0.5) is 9.52 Å². The molecule has 2 heterocycles. The lowest BCUT2D eigenvalue weighted by Gasteiger charge is -2.02. The lowest BCUT2D eigenvalue weighted by Crippen LogP contribution is -2.12. The van der Waals surface area contributed by atoms with Crippen LogP contribution in [0.3, 0.4) is 0 Å². The zero-order chi connectivity index (χ0) is 16.1. The molecular weight excluding hydrogens is 313 g/mol. The van der Waals surface area contributed by atoms with Crippen LogP contribution in [-0.2, 0) is 11.2 Å². The van der Waals surface area contributed by atoms with Gasteiger partial charge in [-0.25, -0.2) is 9.37 Å². The van der Waals surface area contributed by atoms with Crippen LogP contribution in [0.1, 0.15) is 12.0 Å². The smallest absolute Gasteiger partial charge is 0.226 e. The maximum absolute atomic E-state index is 13.1. The number of anilines is 1. The summed E-state index contributed by atoms with van der Waals surface area (Å²) in [5.74, 6) is -0.426. The zero-order valence-electron chi connectivity index (χ0n) is 12.2. The molecular formula is C17H14FN3OS. The van der Waals surface area contributed by atoms with Crippen molar-refractivity contribution in [1.82, 2.24) is 9.97 Å². The van der Waals surface area contributed by atoms with E-state index in [2.05, 4.69) is 15.3 Å². The van der Waals surface area contributed by atoms with E-state index in [4.69, 9.17) is 0 Å². The van der Waals surface area contributed by atoms with E-state index in [1.54, 1.807) is 24.5 Å². The van der Waals surface area contributed by atoms with Gasteiger partial charge in [0.25, 0.3) is 0 Å². The molecule has 0 aliphatic carbocycles. The van der Waals surface area contributed by atoms with E-state index >= 15 is 0 Å². The maximum atomic E-state index is 13.1. The van der Waals surface area contributed by atoms with Crippen molar-refractivity contribution < 1.29 is 9.18 Å². The molecule has 1 aromatic carbocycles. The molecule has 0 saturated heterocycles. The van der Waals surface area contributed by atoms with Crippen molar-refractivity contribution in [3.05, 3.63) is 65.6 Å². The first-order chi connectivity index (χ1) is 11.2. The van der Waals surface area contributed by atoms with Gasteiger partial charge in [0.2, 0.25) is 5.91 Å². The summed E-state index contributed by atoms with van der Waals surface area (Å²) in [4.78, 5) is 20.4. The average molecular weight is 327 g/mol. The minimum atomic E-state index is -0.288. The minimum absolute atomic E-state index is 0.138. The molecule has 0 unspecified atom stereocenters. The van der Waals surface area contributed by atoms with Gasteiger partial charge < -0.3 is 5.32 Å². The summed E-state index contributed by atoms with van der Waals surface area (Å²) in [6, 6.07) is 10.0. The lowest BCUT2D eigenvalue weighted by molar-refractivity contribution is -0.116. The van der Waals surface area contributed by atoms with Crippen molar-refractivity contribution in [3.8, 4) is 11.3 Å². The van der Waals surface area contributed by atoms with Crippen LogP contribution < -0.4 is 5.32 Å². The number of carbonyl (C=O) groups is 1. The van der Waals surface area contributed by atoms with Crippen LogP contribution in [-0.4, -0.2) is 15.9 Å². The molecule has 3 rings (SSSR count). The number of amides is 1. The monoisotopic (exact) mass is 327 g/mol. The summed E-state index contributed by atoms with van der Waals surface area (Å²) < 4.78 is 13.1. The fraction of sp³-hybridized carbons (Fsp3) is 0.118. The fourth-order valence-electron chi connectivity index (χ4n) is 2.11. The van der Waals surface area contributed by atoms with Gasteiger partial charge in [0.1, 0.15) is 5.82 Å². The molecule has 1 N–H and O–H groups in total. The van der Waals surface area contributed by atoms with Crippen molar-refractivity contribution in [2.75, 3.05) is 5.32 Å². The SMILES string of the molecule is O=C(CCc1cccc(F)c1)Nc1nc(-c2cccnc2)cs1. The highest BCUT2D eigenvalue weighted by molar-refractivity contribution is 7.14. The Balaban J connectivity index is 1.57. The molecule has 4 nitrogen and oxygen atoms in total. The summed E-state index contributed by atoms with van der Waals surface area (Å²) in [5, 5.41) is 5.19. The van der Waals surface area contributed by atoms with Gasteiger partial charge in [-0.05, 0) is 36.2 Å². The summed E-state index contributed by atoms with van der Waals surface area (Å²) in [6.45, 7) is 0. The van der Waals surface area contributed by atoms with Gasteiger partial charge in [0, 0.05) is 29.8 Å². The Bertz CT molecular complexity index is 804. The highest BCUT2D eigenvalue weighted by atomic mass is 32.1. The van der Waals surface area contributed by atoms with E-state index < -0.39 is 0 Å². The zero-order valence-corrected chi connectivity index (χ0v) is 13.0. The third-order valence-corrected chi connectivity index (χ3v) is 4.00. The highest BCUT2D eigenvalue weighted by Crippen LogP contribution is 2.24. The van der Waals surface area contributed by atoms with Crippen molar-refractivity contribution >= 4 is 22.4 Å². The fourth-order valence-corrected chi connectivity index (χ4v) is 2.85. The number of aromatic nitrogens is 2. The van der Waals surface area contributed by atoms with E-state index in [0.29, 0.717) is 11.6 Å². The second-order valence-corrected chi connectivity index (χ2v) is 5.82. The molecule has 2 aromatic heterocycles. The number of nitrogens with zero attached hydrogens (tertiary/aromatic N) is 2. The van der Waals surface area contributed by atoms with Gasteiger partial charge in [0.15, 0.2) is 5.13 Å². The second kappa shape index (κ2) is 7.11. The van der Waals surface area contributed by atoms with Crippen LogP contribution in [0, 0.1) is 5.82 Å². The molecule has 0 atom stereocenters. The Kier molecular flexibility index (Phi) is 4.73. The molecule has 0 radical (unpaired) electrons. The first-order valence-electron chi connectivity index (χ1n) is 7.11. The molecule has 116 valence electrons. The summed E-state index contributed by atoms with van der Waals surface area (Å²) in [6.07, 6.45) is 4.20. The predicted octanol–water partition coefficient (Wildman–Crippen LogP) is 3.92. The van der Waals surface area contributed by atoms with Crippen LogP contribution in [0.2, 0.25) is 0 Å². The molecule has 0 saturated carbocycles. The van der Waals surface area contributed by atoms with Gasteiger partial charge in [-0.15, -0.1) is 11.3 Å². The third-order valence-electron chi connectivity index (χ3n) is 3.24. The number of hydrogen-bond acceptors (Lipinski definition) is 4. The molecule has 1 amide bonds. The van der Waals surface area contributed by atoms with Gasteiger partial charge >= 0.3 is 0 Å². The lowest BCUT2D eigenvalue weighted by atomic mass is 10.1. The Hall–Kier alpha value is -2.60. The highest BCUT2D eigenvalue weighted by Gasteiger charge is 2.08. The number of carbonyl (C=O) groups excluding carboxylic acids is 1. The Labute approximate surface area is 137 Å². The average Bonchev–Trinajstić information content (AvgIpc) is 3.02. The van der Waals surface area contributed by atoms with Crippen LogP contribution in [0.15, 0.2) is 54.2 Å². The number of thiazole rings is 1. The quantitative estimate of drug-likeness (QED) is 0.773. The number of aryl methyl sites for hydroxylation is 1. The molecule has 3 aromatic rings. The number of benzene rings is 1. The van der Waals surface area contributed by atoms with Crippen molar-refractivity contribution in [2.45, 2.75) is 12.8 Å². The Morgan fingerprint density at radius 3 is 2.96 bits per heavy atom. The van der Waals surface area contributed by atoms with Crippen LogP contribution in [0.5, 0.6) is 0 Å². The van der Waals surface area contributed by atoms with E-state index in [1.165, 1.54) is 23.5 Å². The molecule has 0 fully saturated rings. The van der Waals surface area contributed by atoms with Crippen LogP contribution in [0.25, 0.3) is 11.3 Å². The topological polar surface area (TPSA) is 54.9 Å². The largest absolute Gasteiger partial charge is 0.302 e. The molecule has 0 spiro atoms. The van der Waals surface area contributed by atoms with Gasteiger partial charge in [-0.2, -0.15) is 0 Å². The third kappa shape index (κ3) is 4.20. The number of rotatable bonds is 5. The molecule has 0 aliphatic heterocycles. The second-order valence-electron chi connectivity index (χ2n) is 4.96. The number of nitrogens with one attached hydrogen (secondary N) is 1. The molecule has 0 aliphatic rings. The Morgan fingerprint density at radius 1 is 1.26 bits per heavy atom. The van der Waals surface area contributed by atoms with E-state index in [1.807, 2.05) is 17.5 Å². The number of halogens is 1. The summed E-state index contributed by atoms with van der Waals surface area (Å²) in [5.41, 5.74) is 2.49. The van der Waals surface area contributed by atoms with Gasteiger partial charge in [0.05, 0.1) is 5.69 Å². The first kappa shape index (κ1) is 15.3. The van der Waals surface area contributed by atoms with Crippen molar-refractivity contribution in [2.24, 2.45) is 0 Å². The first-order valence-corrected chi connectivity index (χ1v) is 7.99. The Morgan fingerprint density at radius 2 is 2.17 bits per heavy atom. The summed E-state index contributed by atoms with van der Waals surface area (Å²) >= 11 is 1.37. The molecule has 6 heteroatoms. The normalized spacial score (nSPS) is 10.5. The van der Waals surface area contributed by atoms with Gasteiger partial charge in [-0.3, -0.25) is 9.78 Å². The number of pyridine rings is 1. The van der Waals surface area contributed by atoms with E-state index in [-0.39, 0.29) is 18.1 Å². The van der Waals surface area contributed by atoms with Crippen LogP contribution >= 0.6 is 11.3 Å².